The number of benzene rings is 1. The Labute approximate surface area is 166 Å². The Balaban J connectivity index is 1.69. The highest BCUT2D eigenvalue weighted by atomic mass is 35.5. The van der Waals surface area contributed by atoms with Crippen LogP contribution in [-0.4, -0.2) is 32.1 Å². The number of carbonyl (C=O) groups excluding carboxylic acids is 2. The zero-order valence-electron chi connectivity index (χ0n) is 16.5. The summed E-state index contributed by atoms with van der Waals surface area (Å²) < 4.78 is 10.6. The second-order valence-electron chi connectivity index (χ2n) is 7.30. The summed E-state index contributed by atoms with van der Waals surface area (Å²) in [5.74, 6) is 0.695. The molecule has 1 aromatic rings. The topological polar surface area (TPSA) is 64.6 Å². The van der Waals surface area contributed by atoms with E-state index in [2.05, 4.69) is 5.32 Å². The first-order chi connectivity index (χ1) is 12.9. The molecular formula is C21H30ClNO4. The van der Waals surface area contributed by atoms with Gasteiger partial charge in [-0.3, -0.25) is 9.59 Å². The number of hydrogen-bond donors (Lipinski definition) is 1. The maximum Gasteiger partial charge on any atom is 0.309 e. The molecule has 6 heteroatoms. The Morgan fingerprint density at radius 1 is 1.19 bits per heavy atom. The van der Waals surface area contributed by atoms with Crippen LogP contribution >= 0.6 is 11.6 Å². The number of rotatable bonds is 8. The van der Waals surface area contributed by atoms with Crippen molar-refractivity contribution < 1.29 is 19.1 Å². The fraction of sp³-hybridized carbons (Fsp3) is 0.619. The molecule has 0 aliphatic heterocycles. The van der Waals surface area contributed by atoms with Crippen LogP contribution < -0.4 is 10.1 Å². The molecule has 1 amide bonds. The van der Waals surface area contributed by atoms with Gasteiger partial charge in [-0.1, -0.05) is 24.4 Å². The quantitative estimate of drug-likeness (QED) is 0.529. The van der Waals surface area contributed by atoms with E-state index < -0.39 is 0 Å². The van der Waals surface area contributed by atoms with Gasteiger partial charge < -0.3 is 14.8 Å². The lowest BCUT2D eigenvalue weighted by Crippen LogP contribution is -2.37. The van der Waals surface area contributed by atoms with Crippen molar-refractivity contribution in [2.75, 3.05) is 20.3 Å². The molecule has 0 aromatic heterocycles. The maximum atomic E-state index is 12.1. The molecule has 1 aliphatic rings. The number of hydrogen-bond acceptors (Lipinski definition) is 4. The summed E-state index contributed by atoms with van der Waals surface area (Å²) in [6.45, 7) is 4.90. The Morgan fingerprint density at radius 3 is 2.52 bits per heavy atom. The lowest BCUT2D eigenvalue weighted by molar-refractivity contribution is -0.148. The number of carbonyl (C=O) groups is 2. The number of methoxy groups -OCH3 is 1. The predicted octanol–water partition coefficient (Wildman–Crippen LogP) is 4.21. The van der Waals surface area contributed by atoms with E-state index in [-0.39, 0.29) is 23.7 Å². The zero-order chi connectivity index (χ0) is 19.8. The minimum Gasteiger partial charge on any atom is -0.494 e. The van der Waals surface area contributed by atoms with Gasteiger partial charge in [-0.2, -0.15) is 0 Å². The lowest BCUT2D eigenvalue weighted by Gasteiger charge is -2.29. The molecular weight excluding hydrogens is 366 g/mol. The Morgan fingerprint density at radius 2 is 1.85 bits per heavy atom. The van der Waals surface area contributed by atoms with Crippen molar-refractivity contribution in [2.45, 2.75) is 52.4 Å². The first-order valence-corrected chi connectivity index (χ1v) is 10.0. The smallest absolute Gasteiger partial charge is 0.309 e. The van der Waals surface area contributed by atoms with Gasteiger partial charge in [0.2, 0.25) is 5.91 Å². The van der Waals surface area contributed by atoms with Crippen molar-refractivity contribution in [1.82, 2.24) is 5.32 Å². The van der Waals surface area contributed by atoms with E-state index in [4.69, 9.17) is 21.1 Å². The van der Waals surface area contributed by atoms with Crippen LogP contribution in [0.3, 0.4) is 0 Å². The van der Waals surface area contributed by atoms with Gasteiger partial charge in [0.15, 0.2) is 0 Å². The van der Waals surface area contributed by atoms with Crippen LogP contribution in [0.1, 0.15) is 49.7 Å². The number of aryl methyl sites for hydroxylation is 2. The lowest BCUT2D eigenvalue weighted by atomic mass is 9.79. The SMILES string of the molecule is COC(=O)C1CCCCC1CNC(=O)CCCOc1cc(C)c(Cl)c(C)c1. The molecule has 1 aromatic carbocycles. The molecule has 1 saturated carbocycles. The first-order valence-electron chi connectivity index (χ1n) is 9.66. The highest BCUT2D eigenvalue weighted by molar-refractivity contribution is 6.32. The minimum atomic E-state index is -0.157. The summed E-state index contributed by atoms with van der Waals surface area (Å²) in [5.41, 5.74) is 1.97. The van der Waals surface area contributed by atoms with E-state index in [0.717, 1.165) is 47.6 Å². The van der Waals surface area contributed by atoms with Crippen LogP contribution in [0.5, 0.6) is 5.75 Å². The largest absolute Gasteiger partial charge is 0.494 e. The summed E-state index contributed by atoms with van der Waals surface area (Å²) >= 11 is 6.15. The minimum absolute atomic E-state index is 0.00347. The van der Waals surface area contributed by atoms with Gasteiger partial charge in [-0.15, -0.1) is 0 Å². The van der Waals surface area contributed by atoms with Gasteiger partial charge in [-0.25, -0.2) is 0 Å². The molecule has 2 atom stereocenters. The third kappa shape index (κ3) is 6.42. The number of nitrogens with one attached hydrogen (secondary N) is 1. The summed E-state index contributed by atoms with van der Waals surface area (Å²) in [4.78, 5) is 24.0. The summed E-state index contributed by atoms with van der Waals surface area (Å²) in [6.07, 6.45) is 4.99. The van der Waals surface area contributed by atoms with Crippen LogP contribution in [-0.2, 0) is 14.3 Å². The van der Waals surface area contributed by atoms with Crippen LogP contribution in [0.15, 0.2) is 12.1 Å². The number of amides is 1. The molecule has 0 saturated heterocycles. The summed E-state index contributed by atoms with van der Waals surface area (Å²) in [7, 11) is 1.43. The van der Waals surface area contributed by atoms with Crippen LogP contribution in [0.2, 0.25) is 5.02 Å². The third-order valence-corrected chi connectivity index (χ3v) is 5.80. The molecule has 0 bridgehead atoms. The summed E-state index contributed by atoms with van der Waals surface area (Å²) in [6, 6.07) is 3.82. The van der Waals surface area contributed by atoms with Crippen molar-refractivity contribution in [3.63, 3.8) is 0 Å². The molecule has 2 unspecified atom stereocenters. The van der Waals surface area contributed by atoms with Crippen molar-refractivity contribution in [3.8, 4) is 5.75 Å². The van der Waals surface area contributed by atoms with Crippen molar-refractivity contribution in [1.29, 1.82) is 0 Å². The van der Waals surface area contributed by atoms with Crippen molar-refractivity contribution >= 4 is 23.5 Å². The van der Waals surface area contributed by atoms with Crippen LogP contribution in [0, 0.1) is 25.7 Å². The standard InChI is InChI=1S/C21H30ClNO4/c1-14-11-17(12-15(2)20(14)22)27-10-6-9-19(24)23-13-16-7-4-5-8-18(16)21(25)26-3/h11-12,16,18H,4-10,13H2,1-3H3,(H,23,24). The Kier molecular flexibility index (Phi) is 8.42. The number of esters is 1. The first kappa shape index (κ1) is 21.5. The van der Waals surface area contributed by atoms with Gasteiger partial charge in [-0.05, 0) is 62.3 Å². The van der Waals surface area contributed by atoms with E-state index in [1.165, 1.54) is 7.11 Å². The molecule has 27 heavy (non-hydrogen) atoms. The number of halogens is 1. The van der Waals surface area contributed by atoms with Crippen molar-refractivity contribution in [3.05, 3.63) is 28.3 Å². The van der Waals surface area contributed by atoms with E-state index >= 15 is 0 Å². The van der Waals surface area contributed by atoms with Crippen molar-refractivity contribution in [2.24, 2.45) is 11.8 Å². The molecule has 1 N–H and O–H groups in total. The molecule has 150 valence electrons. The Bertz CT molecular complexity index is 639. The van der Waals surface area contributed by atoms with E-state index in [1.807, 2.05) is 26.0 Å². The van der Waals surface area contributed by atoms with Gasteiger partial charge in [0.05, 0.1) is 19.6 Å². The van der Waals surface area contributed by atoms with Gasteiger partial charge in [0.1, 0.15) is 5.75 Å². The van der Waals surface area contributed by atoms with E-state index in [9.17, 15) is 9.59 Å². The second kappa shape index (κ2) is 10.5. The van der Waals surface area contributed by atoms with Crippen LogP contribution in [0.25, 0.3) is 0 Å². The normalized spacial score (nSPS) is 19.4. The average molecular weight is 396 g/mol. The van der Waals surface area contributed by atoms with Gasteiger partial charge in [0.25, 0.3) is 0 Å². The molecule has 5 nitrogen and oxygen atoms in total. The van der Waals surface area contributed by atoms with E-state index in [1.54, 1.807) is 0 Å². The molecule has 0 heterocycles. The number of ether oxygens (including phenoxy) is 2. The van der Waals surface area contributed by atoms with Crippen LogP contribution in [0.4, 0.5) is 0 Å². The predicted molar refractivity (Wildman–Crippen MR) is 106 cm³/mol. The molecule has 1 aliphatic carbocycles. The molecule has 1 fully saturated rings. The molecule has 2 rings (SSSR count). The maximum absolute atomic E-state index is 12.1. The monoisotopic (exact) mass is 395 g/mol. The van der Waals surface area contributed by atoms with Gasteiger partial charge >= 0.3 is 5.97 Å². The molecule has 0 spiro atoms. The van der Waals surface area contributed by atoms with E-state index in [0.29, 0.717) is 26.0 Å². The second-order valence-corrected chi connectivity index (χ2v) is 7.68. The summed E-state index contributed by atoms with van der Waals surface area (Å²) in [5, 5.41) is 3.72. The zero-order valence-corrected chi connectivity index (χ0v) is 17.2. The average Bonchev–Trinajstić information content (AvgIpc) is 2.67. The highest BCUT2D eigenvalue weighted by Crippen LogP contribution is 2.30. The third-order valence-electron chi connectivity index (χ3n) is 5.20. The Hall–Kier alpha value is -1.75. The fourth-order valence-corrected chi connectivity index (χ4v) is 3.77. The molecule has 0 radical (unpaired) electrons. The van der Waals surface area contributed by atoms with Gasteiger partial charge in [0, 0.05) is 18.0 Å². The fourth-order valence-electron chi connectivity index (χ4n) is 3.66. The highest BCUT2D eigenvalue weighted by Gasteiger charge is 2.31.